The fourth-order valence-corrected chi connectivity index (χ4v) is 2.88. The van der Waals surface area contributed by atoms with Gasteiger partial charge in [0.2, 0.25) is 5.89 Å². The van der Waals surface area contributed by atoms with Crippen LogP contribution in [0.1, 0.15) is 75.9 Å². The fourth-order valence-electron chi connectivity index (χ4n) is 2.88. The second kappa shape index (κ2) is 6.32. The maximum atomic E-state index is 5.56. The molecule has 0 bridgehead atoms. The molecular weight excluding hydrogens is 226 g/mol. The van der Waals surface area contributed by atoms with Crippen molar-refractivity contribution in [2.24, 2.45) is 11.7 Å². The third-order valence-electron chi connectivity index (χ3n) is 4.20. The van der Waals surface area contributed by atoms with Gasteiger partial charge in [-0.15, -0.1) is 0 Å². The van der Waals surface area contributed by atoms with Gasteiger partial charge in [-0.2, -0.15) is 4.98 Å². The first-order valence-corrected chi connectivity index (χ1v) is 7.28. The molecule has 1 aromatic heterocycles. The summed E-state index contributed by atoms with van der Waals surface area (Å²) in [7, 11) is 0. The van der Waals surface area contributed by atoms with E-state index >= 15 is 0 Å². The largest absolute Gasteiger partial charge is 0.339 e. The highest BCUT2D eigenvalue weighted by molar-refractivity contribution is 5.00. The Bertz CT molecular complexity index is 364. The molecule has 0 radical (unpaired) electrons. The standard InChI is InChI=1S/C14H25N3O/c1-3-11-5-4-6-12(9-11)13-16-14(18-17-13)10(2)7-8-15/h10-12H,3-9,15H2,1-2H3. The van der Waals surface area contributed by atoms with Crippen molar-refractivity contribution in [3.63, 3.8) is 0 Å². The molecule has 1 heterocycles. The molecule has 3 unspecified atom stereocenters. The minimum absolute atomic E-state index is 0.279. The summed E-state index contributed by atoms with van der Waals surface area (Å²) in [5, 5.41) is 4.19. The van der Waals surface area contributed by atoms with Gasteiger partial charge in [0.25, 0.3) is 0 Å². The molecule has 1 aromatic rings. The minimum Gasteiger partial charge on any atom is -0.339 e. The van der Waals surface area contributed by atoms with Crippen LogP contribution < -0.4 is 5.73 Å². The summed E-state index contributed by atoms with van der Waals surface area (Å²) in [4.78, 5) is 4.59. The quantitative estimate of drug-likeness (QED) is 0.872. The van der Waals surface area contributed by atoms with Crippen molar-refractivity contribution < 1.29 is 4.52 Å². The summed E-state index contributed by atoms with van der Waals surface area (Å²) in [5.74, 6) is 3.31. The lowest BCUT2D eigenvalue weighted by Crippen LogP contribution is -2.14. The van der Waals surface area contributed by atoms with Gasteiger partial charge >= 0.3 is 0 Å². The van der Waals surface area contributed by atoms with Crippen molar-refractivity contribution in [1.29, 1.82) is 0 Å². The van der Waals surface area contributed by atoms with Crippen LogP contribution in [-0.4, -0.2) is 16.7 Å². The SMILES string of the molecule is CCC1CCCC(c2noc(C(C)CCN)n2)C1. The highest BCUT2D eigenvalue weighted by Gasteiger charge is 2.26. The van der Waals surface area contributed by atoms with E-state index in [4.69, 9.17) is 10.3 Å². The average Bonchev–Trinajstić information content (AvgIpc) is 2.89. The molecule has 4 nitrogen and oxygen atoms in total. The molecule has 0 spiro atoms. The van der Waals surface area contributed by atoms with Crippen molar-refractivity contribution in [1.82, 2.24) is 10.1 Å². The predicted octanol–water partition coefficient (Wildman–Crippen LogP) is 3.21. The first kappa shape index (κ1) is 13.5. The van der Waals surface area contributed by atoms with Gasteiger partial charge in [-0.3, -0.25) is 0 Å². The van der Waals surface area contributed by atoms with Crippen molar-refractivity contribution >= 4 is 0 Å². The molecule has 4 heteroatoms. The molecule has 1 fully saturated rings. The molecule has 0 aromatic carbocycles. The summed E-state index contributed by atoms with van der Waals surface area (Å²) in [5.41, 5.74) is 5.56. The summed E-state index contributed by atoms with van der Waals surface area (Å²) in [6, 6.07) is 0. The topological polar surface area (TPSA) is 64.9 Å². The molecule has 1 aliphatic carbocycles. The first-order chi connectivity index (χ1) is 8.74. The highest BCUT2D eigenvalue weighted by atomic mass is 16.5. The van der Waals surface area contributed by atoms with Crippen molar-refractivity contribution in [3.8, 4) is 0 Å². The lowest BCUT2D eigenvalue weighted by molar-refractivity contribution is 0.296. The van der Waals surface area contributed by atoms with E-state index in [0.717, 1.165) is 24.1 Å². The zero-order chi connectivity index (χ0) is 13.0. The van der Waals surface area contributed by atoms with Crippen LogP contribution in [-0.2, 0) is 0 Å². The summed E-state index contributed by atoms with van der Waals surface area (Å²) in [6.45, 7) is 5.04. The van der Waals surface area contributed by atoms with Crippen LogP contribution >= 0.6 is 0 Å². The van der Waals surface area contributed by atoms with E-state index < -0.39 is 0 Å². The van der Waals surface area contributed by atoms with Gasteiger partial charge in [0.05, 0.1) is 0 Å². The second-order valence-corrected chi connectivity index (χ2v) is 5.61. The van der Waals surface area contributed by atoms with Gasteiger partial charge in [-0.1, -0.05) is 38.3 Å². The molecule has 0 amide bonds. The van der Waals surface area contributed by atoms with Crippen molar-refractivity contribution in [2.45, 2.75) is 64.2 Å². The van der Waals surface area contributed by atoms with Gasteiger partial charge in [-0.05, 0) is 31.7 Å². The summed E-state index contributed by atoms with van der Waals surface area (Å²) < 4.78 is 5.38. The van der Waals surface area contributed by atoms with E-state index in [1.54, 1.807) is 0 Å². The molecule has 1 saturated carbocycles. The number of nitrogens with two attached hydrogens (primary N) is 1. The Balaban J connectivity index is 2.00. The molecule has 3 atom stereocenters. The molecule has 0 aliphatic heterocycles. The number of rotatable bonds is 5. The Morgan fingerprint density at radius 1 is 1.44 bits per heavy atom. The van der Waals surface area contributed by atoms with E-state index in [9.17, 15) is 0 Å². The lowest BCUT2D eigenvalue weighted by Gasteiger charge is -2.26. The second-order valence-electron chi connectivity index (χ2n) is 5.61. The molecule has 1 aliphatic rings. The smallest absolute Gasteiger partial charge is 0.229 e. The van der Waals surface area contributed by atoms with E-state index in [-0.39, 0.29) is 5.92 Å². The highest BCUT2D eigenvalue weighted by Crippen LogP contribution is 2.36. The third kappa shape index (κ3) is 3.10. The van der Waals surface area contributed by atoms with Gasteiger partial charge in [0, 0.05) is 11.8 Å². The van der Waals surface area contributed by atoms with E-state index in [1.165, 1.54) is 32.1 Å². The minimum atomic E-state index is 0.279. The van der Waals surface area contributed by atoms with Crippen molar-refractivity contribution in [2.75, 3.05) is 6.54 Å². The van der Waals surface area contributed by atoms with Crippen LogP contribution in [0.15, 0.2) is 4.52 Å². The Hall–Kier alpha value is -0.900. The predicted molar refractivity (Wildman–Crippen MR) is 71.4 cm³/mol. The first-order valence-electron chi connectivity index (χ1n) is 7.28. The van der Waals surface area contributed by atoms with E-state index in [1.807, 2.05) is 0 Å². The molecule has 0 saturated heterocycles. The van der Waals surface area contributed by atoms with Gasteiger partial charge in [0.1, 0.15) is 0 Å². The Labute approximate surface area is 109 Å². The Kier molecular flexibility index (Phi) is 4.75. The fraction of sp³-hybridized carbons (Fsp3) is 0.857. The van der Waals surface area contributed by atoms with Gasteiger partial charge in [-0.25, -0.2) is 0 Å². The number of nitrogens with zero attached hydrogens (tertiary/aromatic N) is 2. The van der Waals surface area contributed by atoms with Crippen molar-refractivity contribution in [3.05, 3.63) is 11.7 Å². The Morgan fingerprint density at radius 2 is 2.28 bits per heavy atom. The summed E-state index contributed by atoms with van der Waals surface area (Å²) >= 11 is 0. The maximum Gasteiger partial charge on any atom is 0.229 e. The molecule has 2 rings (SSSR count). The van der Waals surface area contributed by atoms with Gasteiger partial charge in [0.15, 0.2) is 5.82 Å². The van der Waals surface area contributed by atoms with Crippen LogP contribution in [0.2, 0.25) is 0 Å². The normalized spacial score (nSPS) is 26.2. The van der Waals surface area contributed by atoms with E-state index in [0.29, 0.717) is 12.5 Å². The van der Waals surface area contributed by atoms with Crippen LogP contribution in [0.3, 0.4) is 0 Å². The van der Waals surface area contributed by atoms with E-state index in [2.05, 4.69) is 24.0 Å². The third-order valence-corrected chi connectivity index (χ3v) is 4.20. The molecule has 2 N–H and O–H groups in total. The number of aromatic nitrogens is 2. The lowest BCUT2D eigenvalue weighted by atomic mass is 9.80. The van der Waals surface area contributed by atoms with Crippen LogP contribution in [0.25, 0.3) is 0 Å². The zero-order valence-corrected chi connectivity index (χ0v) is 11.6. The zero-order valence-electron chi connectivity index (χ0n) is 11.6. The monoisotopic (exact) mass is 251 g/mol. The molecule has 18 heavy (non-hydrogen) atoms. The van der Waals surface area contributed by atoms with Crippen LogP contribution in [0.5, 0.6) is 0 Å². The van der Waals surface area contributed by atoms with Crippen LogP contribution in [0, 0.1) is 5.92 Å². The number of hydrogen-bond acceptors (Lipinski definition) is 4. The Morgan fingerprint density at radius 3 is 3.00 bits per heavy atom. The number of hydrogen-bond donors (Lipinski definition) is 1. The summed E-state index contributed by atoms with van der Waals surface area (Å²) in [6.07, 6.45) is 7.27. The maximum absolute atomic E-state index is 5.56. The molecule has 102 valence electrons. The molecular formula is C14H25N3O. The van der Waals surface area contributed by atoms with Gasteiger partial charge < -0.3 is 10.3 Å². The average molecular weight is 251 g/mol. The van der Waals surface area contributed by atoms with Crippen LogP contribution in [0.4, 0.5) is 0 Å².